The highest BCUT2D eigenvalue weighted by molar-refractivity contribution is 6.31. The fraction of sp³-hybridized carbons (Fsp3) is 0.300. The van der Waals surface area contributed by atoms with Crippen LogP contribution in [0.1, 0.15) is 29.8 Å². The van der Waals surface area contributed by atoms with E-state index in [0.717, 1.165) is 11.1 Å². The van der Waals surface area contributed by atoms with Crippen molar-refractivity contribution in [3.05, 3.63) is 76.6 Å². The number of benzene rings is 2. The van der Waals surface area contributed by atoms with E-state index in [1.807, 2.05) is 54.6 Å². The van der Waals surface area contributed by atoms with E-state index in [-0.39, 0.29) is 0 Å². The van der Waals surface area contributed by atoms with E-state index in [4.69, 9.17) is 11.6 Å². The second-order valence-corrected chi connectivity index (χ2v) is 7.36. The van der Waals surface area contributed by atoms with E-state index in [2.05, 4.69) is 15.4 Å². The molecule has 0 saturated carbocycles. The molecule has 4 rings (SSSR count). The molecule has 8 heteroatoms. The van der Waals surface area contributed by atoms with E-state index < -0.39 is 11.5 Å². The Hall–Kier alpha value is -2.93. The maximum atomic E-state index is 11.3. The monoisotopic (exact) mass is 397 g/mol. The number of halogens is 1. The molecule has 0 atom stereocenters. The van der Waals surface area contributed by atoms with Crippen molar-refractivity contribution in [1.29, 1.82) is 0 Å². The summed E-state index contributed by atoms with van der Waals surface area (Å²) in [7, 11) is 0. The Morgan fingerprint density at radius 1 is 1.07 bits per heavy atom. The summed E-state index contributed by atoms with van der Waals surface area (Å²) in [5.41, 5.74) is 1.55. The second-order valence-electron chi connectivity index (χ2n) is 6.95. The molecule has 1 saturated heterocycles. The smallest absolute Gasteiger partial charge is 0.407 e. The zero-order chi connectivity index (χ0) is 19.6. The number of piperidine rings is 1. The van der Waals surface area contributed by atoms with Gasteiger partial charge in [-0.25, -0.2) is 4.79 Å². The summed E-state index contributed by atoms with van der Waals surface area (Å²) < 4.78 is 0. The lowest BCUT2D eigenvalue weighted by Crippen LogP contribution is -2.45. The number of rotatable bonds is 4. The number of hydrogen-bond donors (Lipinski definition) is 1. The Kier molecular flexibility index (Phi) is 5.00. The standard InChI is InChI=1S/C20H20ClN5O2/c21-17-9-5-4-6-15(17)14-26-23-18(22-24-26)20(16-7-2-1-3-8-16)10-12-25(13-11-20)19(27)28/h1-9H,10-14H2,(H,27,28). The third kappa shape index (κ3) is 3.45. The average Bonchev–Trinajstić information content (AvgIpc) is 3.19. The highest BCUT2D eigenvalue weighted by Crippen LogP contribution is 2.39. The van der Waals surface area contributed by atoms with Crippen LogP contribution < -0.4 is 0 Å². The van der Waals surface area contributed by atoms with Gasteiger partial charge in [-0.2, -0.15) is 4.80 Å². The Bertz CT molecular complexity index is 967. The zero-order valence-corrected chi connectivity index (χ0v) is 16.0. The molecule has 0 unspecified atom stereocenters. The van der Waals surface area contributed by atoms with Crippen LogP contribution in [-0.2, 0) is 12.0 Å². The van der Waals surface area contributed by atoms with Crippen LogP contribution in [0.3, 0.4) is 0 Å². The average molecular weight is 398 g/mol. The quantitative estimate of drug-likeness (QED) is 0.729. The fourth-order valence-electron chi connectivity index (χ4n) is 3.76. The molecule has 1 aliphatic heterocycles. The number of carboxylic acid groups (broad SMARTS) is 1. The number of likely N-dealkylation sites (tertiary alicyclic amines) is 1. The summed E-state index contributed by atoms with van der Waals surface area (Å²) in [4.78, 5) is 14.3. The van der Waals surface area contributed by atoms with E-state index in [9.17, 15) is 9.90 Å². The Morgan fingerprint density at radius 2 is 1.75 bits per heavy atom. The summed E-state index contributed by atoms with van der Waals surface area (Å²) in [6.07, 6.45) is 0.333. The summed E-state index contributed by atoms with van der Waals surface area (Å²) in [6.45, 7) is 1.30. The van der Waals surface area contributed by atoms with Gasteiger partial charge in [0.25, 0.3) is 0 Å². The van der Waals surface area contributed by atoms with Crippen LogP contribution in [0.4, 0.5) is 4.79 Å². The number of amides is 1. The highest BCUT2D eigenvalue weighted by atomic mass is 35.5. The first-order valence-corrected chi connectivity index (χ1v) is 9.51. The predicted molar refractivity (Wildman–Crippen MR) is 104 cm³/mol. The molecule has 0 spiro atoms. The van der Waals surface area contributed by atoms with Gasteiger partial charge in [0.05, 0.1) is 12.0 Å². The lowest BCUT2D eigenvalue weighted by Gasteiger charge is -2.39. The van der Waals surface area contributed by atoms with Crippen LogP contribution in [0.5, 0.6) is 0 Å². The maximum absolute atomic E-state index is 11.3. The summed E-state index contributed by atoms with van der Waals surface area (Å²) in [5, 5.41) is 23.2. The van der Waals surface area contributed by atoms with Crippen LogP contribution in [0.15, 0.2) is 54.6 Å². The Morgan fingerprint density at radius 3 is 2.43 bits per heavy atom. The molecule has 0 aliphatic carbocycles. The van der Waals surface area contributed by atoms with E-state index in [1.165, 1.54) is 4.90 Å². The molecule has 1 amide bonds. The van der Waals surface area contributed by atoms with Crippen LogP contribution in [0.2, 0.25) is 5.02 Å². The third-order valence-corrected chi connectivity index (χ3v) is 5.73. The first-order valence-electron chi connectivity index (χ1n) is 9.13. The first kappa shape index (κ1) is 18.4. The van der Waals surface area contributed by atoms with Gasteiger partial charge in [0.15, 0.2) is 5.82 Å². The van der Waals surface area contributed by atoms with Gasteiger partial charge in [0.1, 0.15) is 0 Å². The van der Waals surface area contributed by atoms with Gasteiger partial charge in [-0.3, -0.25) is 0 Å². The molecule has 0 radical (unpaired) electrons. The maximum Gasteiger partial charge on any atom is 0.407 e. The van der Waals surface area contributed by atoms with Crippen molar-refractivity contribution in [2.75, 3.05) is 13.1 Å². The Labute approximate surface area is 167 Å². The molecule has 1 aliphatic rings. The van der Waals surface area contributed by atoms with Crippen molar-refractivity contribution in [2.45, 2.75) is 24.8 Å². The molecule has 1 aromatic heterocycles. The lowest BCUT2D eigenvalue weighted by atomic mass is 9.72. The van der Waals surface area contributed by atoms with Crippen LogP contribution in [-0.4, -0.2) is 49.4 Å². The van der Waals surface area contributed by atoms with Crippen LogP contribution in [0.25, 0.3) is 0 Å². The highest BCUT2D eigenvalue weighted by Gasteiger charge is 2.42. The number of hydrogen-bond acceptors (Lipinski definition) is 4. The molecular formula is C20H20ClN5O2. The summed E-state index contributed by atoms with van der Waals surface area (Å²) in [5.74, 6) is 0.621. The first-order chi connectivity index (χ1) is 13.6. The number of carbonyl (C=O) groups is 1. The van der Waals surface area contributed by atoms with Crippen molar-refractivity contribution in [1.82, 2.24) is 25.1 Å². The minimum absolute atomic E-state index is 0.429. The van der Waals surface area contributed by atoms with E-state index in [0.29, 0.717) is 43.3 Å². The van der Waals surface area contributed by atoms with E-state index in [1.54, 1.807) is 4.80 Å². The molecule has 3 aromatic rings. The lowest BCUT2D eigenvalue weighted by molar-refractivity contribution is 0.121. The number of tetrazole rings is 1. The van der Waals surface area contributed by atoms with Gasteiger partial charge < -0.3 is 10.0 Å². The fourth-order valence-corrected chi connectivity index (χ4v) is 3.95. The zero-order valence-electron chi connectivity index (χ0n) is 15.2. The van der Waals surface area contributed by atoms with Crippen molar-refractivity contribution in [2.24, 2.45) is 0 Å². The largest absolute Gasteiger partial charge is 0.465 e. The molecule has 1 N–H and O–H groups in total. The van der Waals surface area contributed by atoms with E-state index >= 15 is 0 Å². The van der Waals surface area contributed by atoms with Gasteiger partial charge in [-0.1, -0.05) is 60.1 Å². The van der Waals surface area contributed by atoms with Crippen molar-refractivity contribution in [3.63, 3.8) is 0 Å². The number of aromatic nitrogens is 4. The van der Waals surface area contributed by atoms with Gasteiger partial charge in [-0.05, 0) is 35.2 Å². The van der Waals surface area contributed by atoms with Gasteiger partial charge in [-0.15, -0.1) is 10.2 Å². The molecule has 144 valence electrons. The van der Waals surface area contributed by atoms with Gasteiger partial charge in [0.2, 0.25) is 0 Å². The SMILES string of the molecule is O=C(O)N1CCC(c2ccccc2)(c2nnn(Cc3ccccc3Cl)n2)CC1. The number of nitrogens with zero attached hydrogens (tertiary/aromatic N) is 5. The van der Waals surface area contributed by atoms with Crippen LogP contribution in [0, 0.1) is 0 Å². The minimum atomic E-state index is -0.892. The normalized spacial score (nSPS) is 16.1. The predicted octanol–water partition coefficient (Wildman–Crippen LogP) is 3.43. The topological polar surface area (TPSA) is 84.1 Å². The molecule has 1 fully saturated rings. The molecule has 2 aromatic carbocycles. The van der Waals surface area contributed by atoms with Gasteiger partial charge in [0, 0.05) is 18.1 Å². The molecule has 2 heterocycles. The molecular weight excluding hydrogens is 378 g/mol. The Balaban J connectivity index is 1.66. The van der Waals surface area contributed by atoms with Crippen molar-refractivity contribution < 1.29 is 9.90 Å². The third-order valence-electron chi connectivity index (χ3n) is 5.36. The summed E-state index contributed by atoms with van der Waals surface area (Å²) in [6, 6.07) is 17.6. The van der Waals surface area contributed by atoms with Crippen molar-refractivity contribution >= 4 is 17.7 Å². The van der Waals surface area contributed by atoms with Gasteiger partial charge >= 0.3 is 6.09 Å². The van der Waals surface area contributed by atoms with Crippen molar-refractivity contribution in [3.8, 4) is 0 Å². The molecule has 28 heavy (non-hydrogen) atoms. The second kappa shape index (κ2) is 7.59. The molecule has 0 bridgehead atoms. The summed E-state index contributed by atoms with van der Waals surface area (Å²) >= 11 is 6.25. The van der Waals surface area contributed by atoms with Crippen LogP contribution >= 0.6 is 11.6 Å². The minimum Gasteiger partial charge on any atom is -0.465 e. The molecule has 7 nitrogen and oxygen atoms in total.